The van der Waals surface area contributed by atoms with E-state index in [2.05, 4.69) is 10.3 Å². The highest BCUT2D eigenvalue weighted by atomic mass is 35.5. The third kappa shape index (κ3) is 5.94. The molecule has 1 unspecified atom stereocenters. The average molecular weight is 605 g/mol. The van der Waals surface area contributed by atoms with E-state index in [1.807, 2.05) is 43.3 Å². The third-order valence-electron chi connectivity index (χ3n) is 7.79. The minimum Gasteiger partial charge on any atom is -0.497 e. The van der Waals surface area contributed by atoms with E-state index in [9.17, 15) is 9.59 Å². The Hall–Kier alpha value is -4.07. The highest BCUT2D eigenvalue weighted by Crippen LogP contribution is 2.47. The molecule has 0 saturated carbocycles. The van der Waals surface area contributed by atoms with Gasteiger partial charge < -0.3 is 19.7 Å². The number of methoxy groups -OCH3 is 2. The summed E-state index contributed by atoms with van der Waals surface area (Å²) in [5, 5.41) is 4.04. The van der Waals surface area contributed by atoms with Crippen LogP contribution < -0.4 is 19.7 Å². The molecule has 42 heavy (non-hydrogen) atoms. The Morgan fingerprint density at radius 3 is 2.48 bits per heavy atom. The van der Waals surface area contributed by atoms with Crippen molar-refractivity contribution >= 4 is 40.7 Å². The summed E-state index contributed by atoms with van der Waals surface area (Å²) in [6.45, 7) is 2.65. The number of anilines is 1. The Morgan fingerprint density at radius 1 is 0.952 bits per heavy atom. The number of benzene rings is 3. The van der Waals surface area contributed by atoms with Crippen molar-refractivity contribution in [1.82, 2.24) is 10.3 Å². The molecule has 1 N–H and O–H groups in total. The topological polar surface area (TPSA) is 80.8 Å². The zero-order valence-corrected chi connectivity index (χ0v) is 25.1. The number of nitrogens with zero attached hydrogens (tertiary/aromatic N) is 2. The first-order chi connectivity index (χ1) is 20.2. The predicted octanol–water partition coefficient (Wildman–Crippen LogP) is 6.77. The van der Waals surface area contributed by atoms with Gasteiger partial charge in [0.05, 0.1) is 26.2 Å². The Bertz CT molecular complexity index is 1630. The Morgan fingerprint density at radius 2 is 1.74 bits per heavy atom. The number of aryl methyl sites for hydroxylation is 1. The minimum atomic E-state index is -0.858. The minimum absolute atomic E-state index is 0.0417. The molecule has 1 aliphatic rings. The number of nitrogens with one attached hydrogen (secondary N) is 1. The first kappa shape index (κ1) is 29.4. The number of pyridine rings is 1. The van der Waals surface area contributed by atoms with Crippen LogP contribution in [0.5, 0.6) is 11.5 Å². The van der Waals surface area contributed by atoms with Crippen molar-refractivity contribution in [1.29, 1.82) is 0 Å². The van der Waals surface area contributed by atoms with Crippen LogP contribution in [0.4, 0.5) is 5.69 Å². The van der Waals surface area contributed by atoms with E-state index in [-0.39, 0.29) is 11.8 Å². The number of aromatic nitrogens is 1. The van der Waals surface area contributed by atoms with Crippen molar-refractivity contribution in [2.45, 2.75) is 38.3 Å². The second kappa shape index (κ2) is 12.4. The molecule has 0 spiro atoms. The Labute approximate surface area is 255 Å². The van der Waals surface area contributed by atoms with Gasteiger partial charge in [0.25, 0.3) is 5.91 Å². The van der Waals surface area contributed by atoms with Gasteiger partial charge in [0.1, 0.15) is 11.5 Å². The van der Waals surface area contributed by atoms with Crippen molar-refractivity contribution in [3.8, 4) is 11.5 Å². The Balaban J connectivity index is 1.37. The van der Waals surface area contributed by atoms with E-state index in [1.54, 1.807) is 61.8 Å². The number of amides is 2. The van der Waals surface area contributed by atoms with E-state index >= 15 is 0 Å². The summed E-state index contributed by atoms with van der Waals surface area (Å²) in [5.41, 5.74) is 3.90. The van der Waals surface area contributed by atoms with Crippen LogP contribution in [0, 0.1) is 0 Å². The summed E-state index contributed by atoms with van der Waals surface area (Å²) in [4.78, 5) is 32.8. The van der Waals surface area contributed by atoms with Crippen LogP contribution in [0.3, 0.4) is 0 Å². The number of ether oxygens (including phenoxy) is 2. The van der Waals surface area contributed by atoms with Gasteiger partial charge in [-0.2, -0.15) is 0 Å². The van der Waals surface area contributed by atoms with Crippen LogP contribution in [0.25, 0.3) is 0 Å². The number of hydrogen-bond acceptors (Lipinski definition) is 5. The predicted molar refractivity (Wildman–Crippen MR) is 165 cm³/mol. The molecule has 2 heterocycles. The molecular formula is C33H31Cl2N3O4. The maximum atomic E-state index is 14.1. The molecule has 0 radical (unpaired) electrons. The molecule has 0 fully saturated rings. The molecule has 4 aromatic rings. The van der Waals surface area contributed by atoms with E-state index < -0.39 is 5.41 Å². The molecule has 2 amide bonds. The fraction of sp³-hybridized carbons (Fsp3) is 0.242. The molecule has 5 rings (SSSR count). The van der Waals surface area contributed by atoms with Gasteiger partial charge in [0.2, 0.25) is 5.91 Å². The lowest BCUT2D eigenvalue weighted by Gasteiger charge is -2.25. The molecule has 0 saturated heterocycles. The summed E-state index contributed by atoms with van der Waals surface area (Å²) < 4.78 is 10.9. The van der Waals surface area contributed by atoms with Crippen molar-refractivity contribution in [3.63, 3.8) is 0 Å². The van der Waals surface area contributed by atoms with Crippen LogP contribution in [0.2, 0.25) is 10.0 Å². The fourth-order valence-corrected chi connectivity index (χ4v) is 5.72. The maximum absolute atomic E-state index is 14.1. The smallest absolute Gasteiger partial charge is 0.251 e. The first-order valence-corrected chi connectivity index (χ1v) is 14.3. The number of rotatable bonds is 10. The largest absolute Gasteiger partial charge is 0.497 e. The molecule has 1 aromatic heterocycles. The highest BCUT2D eigenvalue weighted by Gasteiger charge is 2.47. The van der Waals surface area contributed by atoms with Crippen molar-refractivity contribution in [3.05, 3.63) is 117 Å². The van der Waals surface area contributed by atoms with Gasteiger partial charge in [-0.3, -0.25) is 14.6 Å². The van der Waals surface area contributed by atoms with Crippen LogP contribution in [0.1, 0.15) is 46.0 Å². The summed E-state index contributed by atoms with van der Waals surface area (Å²) in [6.07, 6.45) is 4.33. The standard InChI is InChI=1S/C33H31Cl2N3O4/c1-33(13-10-22-16-23(5-8-28(22)35)31(39)37-19-21-11-14-36-15-12-21)27-17-25(34)6-9-29(27)38(32(33)40)20-24-4-7-26(41-2)18-30(24)42-3/h4-9,11-12,14-18H,10,13,19-20H2,1-3H3,(H,37,39). The fourth-order valence-electron chi connectivity index (χ4n) is 5.34. The monoisotopic (exact) mass is 603 g/mol. The molecule has 9 heteroatoms. The lowest BCUT2D eigenvalue weighted by Crippen LogP contribution is -2.38. The summed E-state index contributed by atoms with van der Waals surface area (Å²) in [6, 6.07) is 20.0. The van der Waals surface area contributed by atoms with Gasteiger partial charge in [-0.1, -0.05) is 23.2 Å². The lowest BCUT2D eigenvalue weighted by molar-refractivity contribution is -0.123. The second-order valence-corrected chi connectivity index (χ2v) is 11.3. The van der Waals surface area contributed by atoms with E-state index in [0.29, 0.717) is 53.0 Å². The second-order valence-electron chi connectivity index (χ2n) is 10.4. The molecule has 3 aromatic carbocycles. The number of carbonyl (C=O) groups is 2. The van der Waals surface area contributed by atoms with Gasteiger partial charge in [0, 0.05) is 51.9 Å². The van der Waals surface area contributed by atoms with Gasteiger partial charge in [0.15, 0.2) is 0 Å². The van der Waals surface area contributed by atoms with Crippen LogP contribution in [-0.4, -0.2) is 31.0 Å². The lowest BCUT2D eigenvalue weighted by atomic mass is 9.78. The van der Waals surface area contributed by atoms with Crippen LogP contribution >= 0.6 is 23.2 Å². The SMILES string of the molecule is COc1ccc(CN2C(=O)C(C)(CCc3cc(C(=O)NCc4ccncc4)ccc3Cl)c3cc(Cl)ccc32)c(OC)c1. The summed E-state index contributed by atoms with van der Waals surface area (Å²) in [7, 11) is 3.19. The zero-order valence-electron chi connectivity index (χ0n) is 23.6. The molecule has 0 bridgehead atoms. The third-order valence-corrected chi connectivity index (χ3v) is 8.39. The molecule has 1 atom stereocenters. The quantitative estimate of drug-likeness (QED) is 0.216. The van der Waals surface area contributed by atoms with E-state index in [4.69, 9.17) is 32.7 Å². The van der Waals surface area contributed by atoms with Crippen LogP contribution in [0.15, 0.2) is 79.1 Å². The molecule has 7 nitrogen and oxygen atoms in total. The summed E-state index contributed by atoms with van der Waals surface area (Å²) >= 11 is 13.0. The first-order valence-electron chi connectivity index (χ1n) is 13.5. The van der Waals surface area contributed by atoms with Gasteiger partial charge in [-0.25, -0.2) is 0 Å². The maximum Gasteiger partial charge on any atom is 0.251 e. The van der Waals surface area contributed by atoms with Crippen molar-refractivity contribution in [2.75, 3.05) is 19.1 Å². The zero-order chi connectivity index (χ0) is 29.9. The average Bonchev–Trinajstić information content (AvgIpc) is 3.21. The normalized spacial score (nSPS) is 15.8. The highest BCUT2D eigenvalue weighted by molar-refractivity contribution is 6.31. The van der Waals surface area contributed by atoms with Gasteiger partial charge >= 0.3 is 0 Å². The van der Waals surface area contributed by atoms with E-state index in [0.717, 1.165) is 27.9 Å². The van der Waals surface area contributed by atoms with E-state index in [1.165, 1.54) is 0 Å². The number of halogens is 2. The van der Waals surface area contributed by atoms with Crippen LogP contribution in [-0.2, 0) is 29.7 Å². The Kier molecular flexibility index (Phi) is 8.71. The number of fused-ring (bicyclic) bond motifs is 1. The molecule has 216 valence electrons. The number of hydrogen-bond donors (Lipinski definition) is 1. The molecule has 1 aliphatic heterocycles. The van der Waals surface area contributed by atoms with Crippen molar-refractivity contribution in [2.24, 2.45) is 0 Å². The van der Waals surface area contributed by atoms with Gasteiger partial charge in [-0.15, -0.1) is 0 Å². The van der Waals surface area contributed by atoms with Gasteiger partial charge in [-0.05, 0) is 97.1 Å². The summed E-state index contributed by atoms with van der Waals surface area (Å²) in [5.74, 6) is 1.06. The molecular weight excluding hydrogens is 573 g/mol. The number of carbonyl (C=O) groups excluding carboxylic acids is 2. The molecule has 0 aliphatic carbocycles. The van der Waals surface area contributed by atoms with Crippen molar-refractivity contribution < 1.29 is 19.1 Å².